The van der Waals surface area contributed by atoms with Crippen LogP contribution in [-0.2, 0) is 0 Å². The highest BCUT2D eigenvalue weighted by atomic mass is 16.5. The molecule has 4 aromatic rings. The van der Waals surface area contributed by atoms with Gasteiger partial charge >= 0.3 is 18.0 Å². The molecule has 0 saturated carbocycles. The molecule has 3 aromatic carbocycles. The summed E-state index contributed by atoms with van der Waals surface area (Å²) in [5.41, 5.74) is 2.67. The normalized spacial score (nSPS) is 11.4. The summed E-state index contributed by atoms with van der Waals surface area (Å²) in [6.45, 7) is 5.84. The van der Waals surface area contributed by atoms with E-state index in [2.05, 4.69) is 15.0 Å². The number of para-hydroxylation sites is 3. The van der Waals surface area contributed by atoms with Gasteiger partial charge in [-0.2, -0.15) is 0 Å². The lowest BCUT2D eigenvalue weighted by Gasteiger charge is -2.12. The molecule has 0 unspecified atom stereocenters. The minimum atomic E-state index is 0.0546. The third-order valence-corrected chi connectivity index (χ3v) is 4.97. The van der Waals surface area contributed by atoms with Gasteiger partial charge in [-0.05, 0) is 39.0 Å². The van der Waals surface area contributed by atoms with Gasteiger partial charge in [0.25, 0.3) is 0 Å². The van der Waals surface area contributed by atoms with Crippen LogP contribution in [0.3, 0.4) is 0 Å². The molecule has 0 bridgehead atoms. The van der Waals surface area contributed by atoms with Crippen LogP contribution in [-0.4, -0.2) is 15.0 Å². The highest BCUT2D eigenvalue weighted by Crippen LogP contribution is 2.31. The summed E-state index contributed by atoms with van der Waals surface area (Å²) in [6.07, 6.45) is 11.7. The number of allylic oxidation sites excluding steroid dienone is 3. The summed E-state index contributed by atoms with van der Waals surface area (Å²) in [5.74, 6) is 1.80. The molecule has 6 heteroatoms. The highest BCUT2D eigenvalue weighted by Gasteiger charge is 2.15. The first-order valence-corrected chi connectivity index (χ1v) is 11.6. The Balaban J connectivity index is 1.75. The van der Waals surface area contributed by atoms with Gasteiger partial charge in [0.15, 0.2) is 0 Å². The van der Waals surface area contributed by atoms with Gasteiger partial charge in [-0.1, -0.05) is 91.1 Å². The molecule has 0 atom stereocenters. The lowest BCUT2D eigenvalue weighted by molar-refractivity contribution is 0.361. The molecular weight excluding hydrogens is 450 g/mol. The molecule has 0 spiro atoms. The average molecular weight is 478 g/mol. The van der Waals surface area contributed by atoms with E-state index in [1.807, 2.05) is 130 Å². The van der Waals surface area contributed by atoms with Crippen LogP contribution in [0.15, 0.2) is 91.0 Å². The van der Waals surface area contributed by atoms with Gasteiger partial charge in [-0.3, -0.25) is 0 Å². The monoisotopic (exact) mass is 477 g/mol. The number of ether oxygens (including phenoxy) is 3. The fourth-order valence-corrected chi connectivity index (χ4v) is 3.42. The minimum Gasteiger partial charge on any atom is -0.423 e. The molecule has 0 fully saturated rings. The number of rotatable bonds is 9. The van der Waals surface area contributed by atoms with Crippen molar-refractivity contribution in [1.29, 1.82) is 0 Å². The van der Waals surface area contributed by atoms with E-state index in [9.17, 15) is 0 Å². The Bertz CT molecular complexity index is 1230. The van der Waals surface area contributed by atoms with Crippen LogP contribution in [0.5, 0.6) is 35.3 Å². The highest BCUT2D eigenvalue weighted by molar-refractivity contribution is 5.59. The number of hydrogen-bond acceptors (Lipinski definition) is 6. The van der Waals surface area contributed by atoms with Gasteiger partial charge in [0.2, 0.25) is 0 Å². The number of aromatic nitrogens is 3. The molecule has 36 heavy (non-hydrogen) atoms. The lowest BCUT2D eigenvalue weighted by atomic mass is 10.2. The molecule has 0 amide bonds. The Morgan fingerprint density at radius 3 is 1.00 bits per heavy atom. The van der Waals surface area contributed by atoms with E-state index in [-0.39, 0.29) is 18.0 Å². The smallest absolute Gasteiger partial charge is 0.331 e. The zero-order valence-corrected chi connectivity index (χ0v) is 20.5. The van der Waals surface area contributed by atoms with E-state index in [0.717, 1.165) is 16.7 Å². The van der Waals surface area contributed by atoms with Gasteiger partial charge in [0.1, 0.15) is 17.2 Å². The molecule has 0 radical (unpaired) electrons. The van der Waals surface area contributed by atoms with E-state index in [1.165, 1.54) is 0 Å². The fraction of sp³-hybridized carbons (Fsp3) is 0.100. The maximum atomic E-state index is 6.07. The van der Waals surface area contributed by atoms with Crippen LogP contribution in [0, 0.1) is 0 Å². The van der Waals surface area contributed by atoms with Crippen molar-refractivity contribution in [2.45, 2.75) is 20.8 Å². The molecule has 1 heterocycles. The van der Waals surface area contributed by atoms with Crippen molar-refractivity contribution >= 4 is 18.2 Å². The van der Waals surface area contributed by atoms with Crippen LogP contribution < -0.4 is 14.2 Å². The summed E-state index contributed by atoms with van der Waals surface area (Å²) in [5, 5.41) is 0. The van der Waals surface area contributed by atoms with Crippen molar-refractivity contribution in [2.24, 2.45) is 0 Å². The van der Waals surface area contributed by atoms with Gasteiger partial charge in [0, 0.05) is 16.7 Å². The topological polar surface area (TPSA) is 66.4 Å². The molecule has 0 saturated heterocycles. The Morgan fingerprint density at radius 2 is 0.722 bits per heavy atom. The summed E-state index contributed by atoms with van der Waals surface area (Å²) in [6, 6.07) is 23.0. The molecule has 0 aliphatic carbocycles. The van der Waals surface area contributed by atoms with E-state index in [0.29, 0.717) is 17.2 Å². The van der Waals surface area contributed by atoms with Crippen LogP contribution in [0.2, 0.25) is 0 Å². The Hall–Kier alpha value is -4.71. The number of benzene rings is 3. The van der Waals surface area contributed by atoms with Crippen molar-refractivity contribution in [3.05, 3.63) is 108 Å². The van der Waals surface area contributed by atoms with Crippen LogP contribution in [0.1, 0.15) is 37.5 Å². The second-order valence-electron chi connectivity index (χ2n) is 7.60. The molecule has 4 rings (SSSR count). The molecule has 180 valence electrons. The third-order valence-electron chi connectivity index (χ3n) is 4.97. The van der Waals surface area contributed by atoms with Gasteiger partial charge < -0.3 is 14.2 Å². The van der Waals surface area contributed by atoms with E-state index >= 15 is 0 Å². The Morgan fingerprint density at radius 1 is 0.444 bits per heavy atom. The molecular formula is C30H27N3O3. The zero-order valence-electron chi connectivity index (χ0n) is 20.5. The molecule has 6 nitrogen and oxygen atoms in total. The van der Waals surface area contributed by atoms with Crippen molar-refractivity contribution in [3.63, 3.8) is 0 Å². The number of nitrogens with zero attached hydrogens (tertiary/aromatic N) is 3. The quantitative estimate of drug-likeness (QED) is 0.241. The first-order chi connectivity index (χ1) is 17.7. The van der Waals surface area contributed by atoms with Crippen molar-refractivity contribution < 1.29 is 14.2 Å². The SMILES string of the molecule is C/C=C\c1ccccc1Oc1nc(Oc2ccccc2/C=C\C)nc(Oc2ccccc2/C=C\C)n1. The second kappa shape index (κ2) is 12.1. The van der Waals surface area contributed by atoms with Crippen molar-refractivity contribution in [3.8, 4) is 35.3 Å². The lowest BCUT2D eigenvalue weighted by Crippen LogP contribution is -2.02. The summed E-state index contributed by atoms with van der Waals surface area (Å²) < 4.78 is 18.2. The first kappa shape index (κ1) is 24.4. The first-order valence-electron chi connectivity index (χ1n) is 11.6. The minimum absolute atomic E-state index is 0.0546. The van der Waals surface area contributed by atoms with Crippen LogP contribution in [0.25, 0.3) is 18.2 Å². The van der Waals surface area contributed by atoms with Crippen LogP contribution >= 0.6 is 0 Å². The maximum Gasteiger partial charge on any atom is 0.331 e. The Labute approximate surface area is 211 Å². The largest absolute Gasteiger partial charge is 0.423 e. The van der Waals surface area contributed by atoms with Crippen molar-refractivity contribution in [2.75, 3.05) is 0 Å². The second-order valence-corrected chi connectivity index (χ2v) is 7.60. The fourth-order valence-electron chi connectivity index (χ4n) is 3.42. The third kappa shape index (κ3) is 6.24. The molecule has 0 aliphatic heterocycles. The average Bonchev–Trinajstić information content (AvgIpc) is 2.88. The van der Waals surface area contributed by atoms with Gasteiger partial charge in [0.05, 0.1) is 0 Å². The predicted molar refractivity (Wildman–Crippen MR) is 143 cm³/mol. The molecule has 1 aromatic heterocycles. The molecule has 0 N–H and O–H groups in total. The predicted octanol–water partition coefficient (Wildman–Crippen LogP) is 8.35. The maximum absolute atomic E-state index is 6.07. The van der Waals surface area contributed by atoms with Crippen molar-refractivity contribution in [1.82, 2.24) is 15.0 Å². The zero-order chi connectivity index (χ0) is 25.2. The Kier molecular flexibility index (Phi) is 8.22. The summed E-state index contributed by atoms with van der Waals surface area (Å²) >= 11 is 0. The number of hydrogen-bond donors (Lipinski definition) is 0. The molecule has 0 aliphatic rings. The van der Waals surface area contributed by atoms with Gasteiger partial charge in [-0.15, -0.1) is 15.0 Å². The van der Waals surface area contributed by atoms with Gasteiger partial charge in [-0.25, -0.2) is 0 Å². The summed E-state index contributed by atoms with van der Waals surface area (Å²) in [7, 11) is 0. The van der Waals surface area contributed by atoms with E-state index in [4.69, 9.17) is 14.2 Å². The standard InChI is InChI=1S/C30H27N3O3/c1-4-13-22-16-7-10-19-25(22)34-28-31-29(35-26-20-11-8-17-23(26)14-5-2)33-30(32-28)36-27-21-12-9-18-24(27)15-6-3/h4-21H,1-3H3/b13-4-,14-5-,15-6-. The van der Waals surface area contributed by atoms with E-state index < -0.39 is 0 Å². The van der Waals surface area contributed by atoms with E-state index in [1.54, 1.807) is 0 Å². The van der Waals surface area contributed by atoms with Crippen LogP contribution in [0.4, 0.5) is 0 Å². The summed E-state index contributed by atoms with van der Waals surface area (Å²) in [4.78, 5) is 13.3.